The molecule has 0 aliphatic heterocycles. The Bertz CT molecular complexity index is 720. The number of methoxy groups -OCH3 is 2. The molecule has 2 rings (SSSR count). The molecule has 1 aromatic rings. The Hall–Kier alpha value is -2.15. The molecule has 1 aliphatic carbocycles. The first-order chi connectivity index (χ1) is 10.9. The van der Waals surface area contributed by atoms with Crippen LogP contribution in [0.4, 0.5) is 0 Å². The number of allylic oxidation sites excluding steroid dienone is 2. The number of hydrogen-bond donors (Lipinski definition) is 0. The first-order valence-electron chi connectivity index (χ1n) is 7.06. The van der Waals surface area contributed by atoms with Crippen molar-refractivity contribution in [3.63, 3.8) is 0 Å². The van der Waals surface area contributed by atoms with E-state index in [1.807, 2.05) is 0 Å². The van der Waals surface area contributed by atoms with Crippen molar-refractivity contribution in [3.05, 3.63) is 41.3 Å². The van der Waals surface area contributed by atoms with Crippen LogP contribution in [0.3, 0.4) is 0 Å². The highest BCUT2D eigenvalue weighted by Gasteiger charge is 2.40. The number of hydrogen-bond acceptors (Lipinski definition) is 6. The fourth-order valence-corrected chi connectivity index (χ4v) is 4.18. The number of rotatable bonds is 4. The summed E-state index contributed by atoms with van der Waals surface area (Å²) in [5.41, 5.74) is 0. The Balaban J connectivity index is 2.37. The van der Waals surface area contributed by atoms with E-state index < -0.39 is 33.6 Å². The van der Waals surface area contributed by atoms with Gasteiger partial charge in [-0.1, -0.05) is 24.3 Å². The van der Waals surface area contributed by atoms with Gasteiger partial charge in [-0.15, -0.1) is 0 Å². The van der Waals surface area contributed by atoms with Gasteiger partial charge in [0.1, 0.15) is 0 Å². The van der Waals surface area contributed by atoms with Gasteiger partial charge in [-0.25, -0.2) is 8.42 Å². The van der Waals surface area contributed by atoms with Crippen LogP contribution in [-0.2, 0) is 28.9 Å². The fourth-order valence-electron chi connectivity index (χ4n) is 2.65. The van der Waals surface area contributed by atoms with E-state index in [2.05, 4.69) is 0 Å². The molecular formula is C16H18O6S. The molecule has 0 saturated carbocycles. The molecule has 0 spiro atoms. The molecule has 23 heavy (non-hydrogen) atoms. The molecule has 0 bridgehead atoms. The van der Waals surface area contributed by atoms with Crippen molar-refractivity contribution in [1.29, 1.82) is 0 Å². The van der Waals surface area contributed by atoms with Crippen LogP contribution in [0.15, 0.2) is 46.2 Å². The Labute approximate surface area is 135 Å². The van der Waals surface area contributed by atoms with Crippen LogP contribution < -0.4 is 0 Å². The molecule has 0 heterocycles. The van der Waals surface area contributed by atoms with Crippen molar-refractivity contribution in [2.75, 3.05) is 14.2 Å². The van der Waals surface area contributed by atoms with Crippen LogP contribution in [0.25, 0.3) is 0 Å². The molecule has 2 unspecified atom stereocenters. The average molecular weight is 338 g/mol. The summed E-state index contributed by atoms with van der Waals surface area (Å²) in [5, 5.41) is 0. The lowest BCUT2D eigenvalue weighted by atomic mass is 9.83. The van der Waals surface area contributed by atoms with E-state index in [1.54, 1.807) is 18.2 Å². The van der Waals surface area contributed by atoms with E-state index in [-0.39, 0.29) is 22.6 Å². The van der Waals surface area contributed by atoms with Gasteiger partial charge in [0.15, 0.2) is 0 Å². The summed E-state index contributed by atoms with van der Waals surface area (Å²) >= 11 is 0. The zero-order valence-corrected chi connectivity index (χ0v) is 13.7. The molecule has 0 N–H and O–H groups in total. The number of sulfone groups is 1. The van der Waals surface area contributed by atoms with Crippen LogP contribution in [0.5, 0.6) is 0 Å². The van der Waals surface area contributed by atoms with Gasteiger partial charge in [0.25, 0.3) is 0 Å². The second-order valence-corrected chi connectivity index (χ2v) is 7.19. The predicted molar refractivity (Wildman–Crippen MR) is 82.0 cm³/mol. The summed E-state index contributed by atoms with van der Waals surface area (Å²) in [6, 6.07) is 7.97. The third-order valence-electron chi connectivity index (χ3n) is 3.91. The minimum absolute atomic E-state index is 0.0797. The zero-order valence-electron chi connectivity index (χ0n) is 12.9. The normalized spacial score (nSPS) is 21.2. The maximum Gasteiger partial charge on any atom is 0.309 e. The summed E-state index contributed by atoms with van der Waals surface area (Å²) in [6.07, 6.45) is 1.53. The molecule has 0 amide bonds. The maximum atomic E-state index is 12.7. The lowest BCUT2D eigenvalue weighted by Crippen LogP contribution is -2.35. The average Bonchev–Trinajstić information content (AvgIpc) is 2.60. The highest BCUT2D eigenvalue weighted by atomic mass is 32.2. The zero-order chi connectivity index (χ0) is 17.0. The van der Waals surface area contributed by atoms with Gasteiger partial charge in [-0.2, -0.15) is 0 Å². The third kappa shape index (κ3) is 3.44. The van der Waals surface area contributed by atoms with Gasteiger partial charge >= 0.3 is 11.9 Å². The Morgan fingerprint density at radius 3 is 2.13 bits per heavy atom. The summed E-state index contributed by atoms with van der Waals surface area (Å²) < 4.78 is 34.7. The topological polar surface area (TPSA) is 86.7 Å². The summed E-state index contributed by atoms with van der Waals surface area (Å²) in [6.45, 7) is 0. The van der Waals surface area contributed by atoms with Crippen LogP contribution in [0.2, 0.25) is 0 Å². The van der Waals surface area contributed by atoms with Crippen molar-refractivity contribution in [1.82, 2.24) is 0 Å². The fraction of sp³-hybridized carbons (Fsp3) is 0.375. The van der Waals surface area contributed by atoms with E-state index in [0.717, 1.165) is 0 Å². The first-order valence-corrected chi connectivity index (χ1v) is 8.55. The number of benzene rings is 1. The lowest BCUT2D eigenvalue weighted by molar-refractivity contribution is -0.157. The highest BCUT2D eigenvalue weighted by Crippen LogP contribution is 2.36. The van der Waals surface area contributed by atoms with Crippen LogP contribution in [0.1, 0.15) is 12.8 Å². The van der Waals surface area contributed by atoms with Crippen molar-refractivity contribution in [3.8, 4) is 0 Å². The van der Waals surface area contributed by atoms with Crippen molar-refractivity contribution < 1.29 is 27.5 Å². The number of carbonyl (C=O) groups is 2. The second kappa shape index (κ2) is 6.95. The standard InChI is InChI=1S/C16H18O6S/c1-21-15(17)13-9-8-12(10-14(13)16(18)22-2)23(19,20)11-6-4-3-5-7-11/h3-8,13-14H,9-10H2,1-2H3. The SMILES string of the molecule is COC(=O)C1CC=C(S(=O)(=O)c2ccccc2)CC1C(=O)OC. The quantitative estimate of drug-likeness (QED) is 0.777. The van der Waals surface area contributed by atoms with Gasteiger partial charge in [-0.05, 0) is 25.0 Å². The van der Waals surface area contributed by atoms with E-state index in [0.29, 0.717) is 0 Å². The number of carbonyl (C=O) groups excluding carboxylic acids is 2. The Kier molecular flexibility index (Phi) is 5.20. The predicted octanol–water partition coefficient (Wildman–Crippen LogP) is 1.72. The Morgan fingerprint density at radius 2 is 1.57 bits per heavy atom. The molecule has 7 heteroatoms. The van der Waals surface area contributed by atoms with Gasteiger partial charge in [-0.3, -0.25) is 9.59 Å². The molecule has 6 nitrogen and oxygen atoms in total. The largest absolute Gasteiger partial charge is 0.469 e. The van der Waals surface area contributed by atoms with Crippen LogP contribution >= 0.6 is 0 Å². The number of esters is 2. The molecule has 1 aromatic carbocycles. The first kappa shape index (κ1) is 17.2. The molecule has 0 radical (unpaired) electrons. The lowest BCUT2D eigenvalue weighted by Gasteiger charge is -2.27. The number of ether oxygens (including phenoxy) is 2. The second-order valence-electron chi connectivity index (χ2n) is 5.19. The minimum Gasteiger partial charge on any atom is -0.469 e. The molecular weight excluding hydrogens is 320 g/mol. The molecule has 1 aliphatic rings. The Morgan fingerprint density at radius 1 is 1.00 bits per heavy atom. The molecule has 0 saturated heterocycles. The summed E-state index contributed by atoms with van der Waals surface area (Å²) in [5.74, 6) is -2.77. The van der Waals surface area contributed by atoms with Gasteiger partial charge in [0.05, 0.1) is 31.0 Å². The van der Waals surface area contributed by atoms with Gasteiger partial charge < -0.3 is 9.47 Å². The third-order valence-corrected chi connectivity index (χ3v) is 5.83. The van der Waals surface area contributed by atoms with Crippen LogP contribution in [0, 0.1) is 11.8 Å². The van der Waals surface area contributed by atoms with Gasteiger partial charge in [0, 0.05) is 4.91 Å². The van der Waals surface area contributed by atoms with Crippen LogP contribution in [-0.4, -0.2) is 34.6 Å². The smallest absolute Gasteiger partial charge is 0.309 e. The molecule has 2 atom stereocenters. The van der Waals surface area contributed by atoms with Crippen molar-refractivity contribution >= 4 is 21.8 Å². The monoisotopic (exact) mass is 338 g/mol. The maximum absolute atomic E-state index is 12.7. The van der Waals surface area contributed by atoms with E-state index in [9.17, 15) is 18.0 Å². The van der Waals surface area contributed by atoms with Crippen molar-refractivity contribution in [2.45, 2.75) is 17.7 Å². The van der Waals surface area contributed by atoms with E-state index in [4.69, 9.17) is 9.47 Å². The van der Waals surface area contributed by atoms with Gasteiger partial charge in [0.2, 0.25) is 9.84 Å². The minimum atomic E-state index is -3.69. The highest BCUT2D eigenvalue weighted by molar-refractivity contribution is 7.95. The molecule has 124 valence electrons. The summed E-state index contributed by atoms with van der Waals surface area (Å²) in [4.78, 5) is 24.1. The van der Waals surface area contributed by atoms with Crippen molar-refractivity contribution in [2.24, 2.45) is 11.8 Å². The van der Waals surface area contributed by atoms with E-state index in [1.165, 1.54) is 32.4 Å². The summed E-state index contributed by atoms with van der Waals surface area (Å²) in [7, 11) is -1.25. The van der Waals surface area contributed by atoms with E-state index >= 15 is 0 Å². The molecule has 0 fully saturated rings. The molecule has 0 aromatic heterocycles.